The molecular formula is C22H10BrF5O3. The smallest absolute Gasteiger partial charge is 0.231 e. The zero-order valence-corrected chi connectivity index (χ0v) is 16.9. The van der Waals surface area contributed by atoms with Gasteiger partial charge in [-0.25, -0.2) is 22.0 Å². The maximum Gasteiger partial charge on any atom is 0.231 e. The zero-order chi connectivity index (χ0) is 22.3. The highest BCUT2D eigenvalue weighted by atomic mass is 79.9. The lowest BCUT2D eigenvalue weighted by molar-refractivity contribution is 0.101. The molecule has 9 heteroatoms. The molecule has 0 bridgehead atoms. The van der Waals surface area contributed by atoms with Gasteiger partial charge in [0.25, 0.3) is 0 Å². The molecular weight excluding hydrogens is 487 g/mol. The second-order valence-corrected chi connectivity index (χ2v) is 7.40. The lowest BCUT2D eigenvalue weighted by atomic mass is 10.1. The molecule has 0 N–H and O–H groups in total. The fourth-order valence-corrected chi connectivity index (χ4v) is 3.16. The van der Waals surface area contributed by atoms with Crippen molar-refractivity contribution in [2.75, 3.05) is 0 Å². The minimum Gasteiger partial charge on any atom is -0.489 e. The van der Waals surface area contributed by atoms with Crippen LogP contribution in [-0.2, 0) is 6.61 Å². The highest BCUT2D eigenvalue weighted by Gasteiger charge is 2.29. The highest BCUT2D eigenvalue weighted by Crippen LogP contribution is 2.35. The number of hydrogen-bond donors (Lipinski definition) is 0. The van der Waals surface area contributed by atoms with E-state index in [-0.39, 0.29) is 28.6 Å². The van der Waals surface area contributed by atoms with E-state index in [1.807, 2.05) is 0 Å². The van der Waals surface area contributed by atoms with Gasteiger partial charge in [-0.15, -0.1) is 0 Å². The first-order valence-corrected chi connectivity index (χ1v) is 9.52. The molecule has 4 rings (SSSR count). The van der Waals surface area contributed by atoms with Crippen LogP contribution in [0, 0.1) is 29.1 Å². The number of rotatable bonds is 4. The minimum absolute atomic E-state index is 0.0142. The Hall–Kier alpha value is -3.20. The second-order valence-electron chi connectivity index (χ2n) is 6.49. The summed E-state index contributed by atoms with van der Waals surface area (Å²) in [6.45, 7) is -0.917. The summed E-state index contributed by atoms with van der Waals surface area (Å²) < 4.78 is 78.9. The molecule has 0 atom stereocenters. The number of benzene rings is 3. The van der Waals surface area contributed by atoms with Crippen LogP contribution in [0.1, 0.15) is 21.5 Å². The van der Waals surface area contributed by atoms with Gasteiger partial charge in [0.05, 0.1) is 11.1 Å². The van der Waals surface area contributed by atoms with Gasteiger partial charge >= 0.3 is 0 Å². The molecule has 158 valence electrons. The van der Waals surface area contributed by atoms with Gasteiger partial charge in [0, 0.05) is 10.5 Å². The van der Waals surface area contributed by atoms with E-state index in [4.69, 9.17) is 9.47 Å². The molecule has 1 aliphatic heterocycles. The van der Waals surface area contributed by atoms with Crippen molar-refractivity contribution < 1.29 is 36.2 Å². The van der Waals surface area contributed by atoms with Crippen LogP contribution in [0.5, 0.6) is 11.5 Å². The Morgan fingerprint density at radius 3 is 2.13 bits per heavy atom. The zero-order valence-electron chi connectivity index (χ0n) is 15.3. The molecule has 0 spiro atoms. The maximum atomic E-state index is 13.8. The summed E-state index contributed by atoms with van der Waals surface area (Å²) in [4.78, 5) is 12.5. The summed E-state index contributed by atoms with van der Waals surface area (Å²) >= 11 is 3.31. The molecule has 3 nitrogen and oxygen atoms in total. The average molecular weight is 497 g/mol. The van der Waals surface area contributed by atoms with Crippen LogP contribution in [0.15, 0.2) is 52.7 Å². The van der Waals surface area contributed by atoms with Crippen molar-refractivity contribution in [3.63, 3.8) is 0 Å². The van der Waals surface area contributed by atoms with E-state index in [0.29, 0.717) is 0 Å². The Labute approximate surface area is 180 Å². The summed E-state index contributed by atoms with van der Waals surface area (Å²) in [5.74, 6) is -10.4. The third-order valence-electron chi connectivity index (χ3n) is 4.49. The maximum absolute atomic E-state index is 13.8. The predicted octanol–water partition coefficient (Wildman–Crippen LogP) is 6.34. The summed E-state index contributed by atoms with van der Waals surface area (Å²) in [5.41, 5.74) is -0.140. The van der Waals surface area contributed by atoms with Gasteiger partial charge in [0.15, 0.2) is 29.0 Å². The Morgan fingerprint density at radius 2 is 1.48 bits per heavy atom. The lowest BCUT2D eigenvalue weighted by Gasteiger charge is -2.10. The SMILES string of the molecule is O=C1C(=Cc2ccc(Br)cc2)Oc2cc(OCc3c(F)c(F)c(F)c(F)c3F)ccc21. The third-order valence-corrected chi connectivity index (χ3v) is 5.02. The molecule has 1 aliphatic rings. The van der Waals surface area contributed by atoms with E-state index in [0.717, 1.165) is 10.0 Å². The molecule has 0 fully saturated rings. The molecule has 0 saturated heterocycles. The molecule has 3 aromatic carbocycles. The number of ketones is 1. The quantitative estimate of drug-likeness (QED) is 0.183. The Morgan fingerprint density at radius 1 is 0.871 bits per heavy atom. The minimum atomic E-state index is -2.24. The van der Waals surface area contributed by atoms with Crippen LogP contribution in [-0.4, -0.2) is 5.78 Å². The molecule has 31 heavy (non-hydrogen) atoms. The van der Waals surface area contributed by atoms with Gasteiger partial charge in [-0.2, -0.15) is 0 Å². The molecule has 0 unspecified atom stereocenters. The van der Waals surface area contributed by atoms with Crippen molar-refractivity contribution in [3.8, 4) is 11.5 Å². The summed E-state index contributed by atoms with van der Waals surface area (Å²) in [7, 11) is 0. The van der Waals surface area contributed by atoms with E-state index in [9.17, 15) is 26.7 Å². The van der Waals surface area contributed by atoms with E-state index in [1.54, 1.807) is 30.3 Å². The van der Waals surface area contributed by atoms with Crippen LogP contribution in [0.4, 0.5) is 22.0 Å². The highest BCUT2D eigenvalue weighted by molar-refractivity contribution is 9.10. The van der Waals surface area contributed by atoms with Crippen molar-refractivity contribution in [2.45, 2.75) is 6.61 Å². The number of hydrogen-bond acceptors (Lipinski definition) is 3. The number of carbonyl (C=O) groups excluding carboxylic acids is 1. The first kappa shape index (κ1) is 21.0. The standard InChI is InChI=1S/C22H10BrF5O3/c23-11-3-1-10(2-4-11)7-16-22(29)13-6-5-12(8-15(13)31-16)30-9-14-17(24)19(26)21(28)20(27)18(14)25/h1-8H,9H2. The molecule has 0 saturated carbocycles. The average Bonchev–Trinajstić information content (AvgIpc) is 3.07. The van der Waals surface area contributed by atoms with Crippen LogP contribution in [0.3, 0.4) is 0 Å². The number of fused-ring (bicyclic) bond motifs is 1. The van der Waals surface area contributed by atoms with Crippen molar-refractivity contribution in [1.29, 1.82) is 0 Å². The number of halogens is 6. The first-order valence-electron chi connectivity index (χ1n) is 8.73. The number of carbonyl (C=O) groups is 1. The van der Waals surface area contributed by atoms with Crippen molar-refractivity contribution in [2.24, 2.45) is 0 Å². The molecule has 0 aliphatic carbocycles. The number of Topliss-reactive ketones (excluding diaryl/α,β-unsaturated/α-hetero) is 1. The number of ether oxygens (including phenoxy) is 2. The van der Waals surface area contributed by atoms with Gasteiger partial charge in [0.2, 0.25) is 11.6 Å². The van der Waals surface area contributed by atoms with Crippen LogP contribution >= 0.6 is 15.9 Å². The molecule has 1 heterocycles. The van der Waals surface area contributed by atoms with E-state index in [2.05, 4.69) is 15.9 Å². The Kier molecular flexibility index (Phi) is 5.53. The summed E-state index contributed by atoms with van der Waals surface area (Å²) in [6, 6.07) is 11.1. The topological polar surface area (TPSA) is 35.5 Å². The largest absolute Gasteiger partial charge is 0.489 e. The van der Waals surface area contributed by atoms with Gasteiger partial charge in [-0.05, 0) is 35.9 Å². The summed E-state index contributed by atoms with van der Waals surface area (Å²) in [5, 5.41) is 0. The fourth-order valence-electron chi connectivity index (χ4n) is 2.90. The Bertz CT molecular complexity index is 1210. The van der Waals surface area contributed by atoms with Gasteiger partial charge in [0.1, 0.15) is 18.1 Å². The van der Waals surface area contributed by atoms with Crippen molar-refractivity contribution in [3.05, 3.63) is 98.5 Å². The second kappa shape index (κ2) is 8.14. The predicted molar refractivity (Wildman–Crippen MR) is 104 cm³/mol. The van der Waals surface area contributed by atoms with E-state index in [1.165, 1.54) is 18.2 Å². The van der Waals surface area contributed by atoms with E-state index < -0.39 is 41.3 Å². The van der Waals surface area contributed by atoms with E-state index >= 15 is 0 Å². The van der Waals surface area contributed by atoms with Gasteiger partial charge < -0.3 is 9.47 Å². The van der Waals surface area contributed by atoms with Crippen molar-refractivity contribution in [1.82, 2.24) is 0 Å². The normalized spacial score (nSPS) is 14.0. The lowest BCUT2D eigenvalue weighted by Crippen LogP contribution is -2.09. The molecule has 0 amide bonds. The van der Waals surface area contributed by atoms with Crippen LogP contribution < -0.4 is 9.47 Å². The van der Waals surface area contributed by atoms with Gasteiger partial charge in [-0.1, -0.05) is 28.1 Å². The van der Waals surface area contributed by atoms with Crippen LogP contribution in [0.25, 0.3) is 6.08 Å². The van der Waals surface area contributed by atoms with Gasteiger partial charge in [-0.3, -0.25) is 4.79 Å². The monoisotopic (exact) mass is 496 g/mol. The molecule has 3 aromatic rings. The van der Waals surface area contributed by atoms with Crippen LogP contribution in [0.2, 0.25) is 0 Å². The first-order chi connectivity index (χ1) is 14.8. The third kappa shape index (κ3) is 3.93. The van der Waals surface area contributed by atoms with Crippen molar-refractivity contribution >= 4 is 27.8 Å². The fraction of sp³-hybridized carbons (Fsp3) is 0.0455. The molecule has 0 radical (unpaired) electrons. The number of allylic oxidation sites excluding steroid dienone is 1. The molecule has 0 aromatic heterocycles. The summed E-state index contributed by atoms with van der Waals surface area (Å²) in [6.07, 6.45) is 1.55. The Balaban J connectivity index is 1.55.